The Balaban J connectivity index is 0.000000386. The van der Waals surface area contributed by atoms with Crippen molar-refractivity contribution in [1.29, 1.82) is 5.41 Å². The van der Waals surface area contributed by atoms with E-state index >= 15 is 0 Å². The van der Waals surface area contributed by atoms with Crippen LogP contribution in [0.15, 0.2) is 55.1 Å². The van der Waals surface area contributed by atoms with Crippen LogP contribution in [-0.4, -0.2) is 18.8 Å². The lowest BCUT2D eigenvalue weighted by Gasteiger charge is -2.07. The zero-order chi connectivity index (χ0) is 18.2. The number of hydrogen-bond donors (Lipinski definition) is 3. The molecule has 0 atom stereocenters. The van der Waals surface area contributed by atoms with Gasteiger partial charge in [0.2, 0.25) is 0 Å². The smallest absolute Gasteiger partial charge is 0.147 e. The Kier molecular flexibility index (Phi) is 6.66. The summed E-state index contributed by atoms with van der Waals surface area (Å²) in [7, 11) is 2.01. The van der Waals surface area contributed by atoms with Gasteiger partial charge in [-0.2, -0.15) is 0 Å². The highest BCUT2D eigenvalue weighted by Gasteiger charge is 2.17. The van der Waals surface area contributed by atoms with Gasteiger partial charge >= 0.3 is 0 Å². The molecule has 0 bridgehead atoms. The van der Waals surface area contributed by atoms with E-state index in [0.29, 0.717) is 11.1 Å². The standard InChI is InChI=1S/C17H15FN2.C4H9N/c1-2-12-10-14(17(20)15(18)11-12)16(19)9-8-13-6-4-3-5-7-13;1-5-4-2-3-4/h2-11,19H,1,20H2;4-5H,2-3H2,1H3/b9-8+,19-16?;. The van der Waals surface area contributed by atoms with Crippen molar-refractivity contribution < 1.29 is 4.39 Å². The Morgan fingerprint density at radius 3 is 2.44 bits per heavy atom. The van der Waals surface area contributed by atoms with Gasteiger partial charge in [-0.15, -0.1) is 0 Å². The molecule has 2 aromatic carbocycles. The van der Waals surface area contributed by atoms with Crippen molar-refractivity contribution in [3.8, 4) is 0 Å². The molecule has 1 aliphatic carbocycles. The molecule has 4 N–H and O–H groups in total. The molecule has 0 radical (unpaired) electrons. The minimum absolute atomic E-state index is 0.0155. The minimum Gasteiger partial charge on any atom is -0.396 e. The molecule has 0 spiro atoms. The van der Waals surface area contributed by atoms with Gasteiger partial charge in [-0.25, -0.2) is 4.39 Å². The molecule has 2 aromatic rings. The van der Waals surface area contributed by atoms with E-state index in [1.807, 2.05) is 37.4 Å². The summed E-state index contributed by atoms with van der Waals surface area (Å²) >= 11 is 0. The SMILES string of the molecule is C=Cc1cc(F)c(N)c(C(=N)/C=C/c2ccccc2)c1.CNC1CC1. The quantitative estimate of drug-likeness (QED) is 0.556. The van der Waals surface area contributed by atoms with Gasteiger partial charge < -0.3 is 16.5 Å². The van der Waals surface area contributed by atoms with Gasteiger partial charge in [0.05, 0.1) is 11.4 Å². The third-order valence-corrected chi connectivity index (χ3v) is 3.91. The number of halogens is 1. The molecule has 0 aromatic heterocycles. The number of allylic oxidation sites excluding steroid dienone is 1. The van der Waals surface area contributed by atoms with Crippen molar-refractivity contribution in [3.05, 3.63) is 77.6 Å². The molecule has 3 nitrogen and oxygen atoms in total. The van der Waals surface area contributed by atoms with E-state index in [4.69, 9.17) is 11.1 Å². The summed E-state index contributed by atoms with van der Waals surface area (Å²) in [5.74, 6) is -0.532. The third-order valence-electron chi connectivity index (χ3n) is 3.91. The van der Waals surface area contributed by atoms with Crippen LogP contribution in [0.4, 0.5) is 10.1 Å². The van der Waals surface area contributed by atoms with Crippen LogP contribution in [0.25, 0.3) is 12.2 Å². The maximum atomic E-state index is 13.7. The second-order valence-electron chi connectivity index (χ2n) is 5.89. The Bertz CT molecular complexity index is 762. The maximum absolute atomic E-state index is 13.7. The highest BCUT2D eigenvalue weighted by Crippen LogP contribution is 2.21. The van der Waals surface area contributed by atoms with Crippen LogP contribution in [-0.2, 0) is 0 Å². The Hall–Kier alpha value is -2.72. The Morgan fingerprint density at radius 1 is 1.24 bits per heavy atom. The van der Waals surface area contributed by atoms with Gasteiger partial charge in [-0.05, 0) is 49.2 Å². The van der Waals surface area contributed by atoms with E-state index in [2.05, 4.69) is 11.9 Å². The molecule has 25 heavy (non-hydrogen) atoms. The Labute approximate surface area is 148 Å². The monoisotopic (exact) mass is 337 g/mol. The van der Waals surface area contributed by atoms with Crippen LogP contribution in [0.3, 0.4) is 0 Å². The molecule has 0 saturated heterocycles. The third kappa shape index (κ3) is 5.69. The number of benzene rings is 2. The predicted molar refractivity (Wildman–Crippen MR) is 105 cm³/mol. The van der Waals surface area contributed by atoms with Gasteiger partial charge in [-0.3, -0.25) is 0 Å². The molecule has 0 aliphatic heterocycles. The van der Waals surface area contributed by atoms with Crippen LogP contribution in [0, 0.1) is 11.2 Å². The average Bonchev–Trinajstić information content (AvgIpc) is 3.47. The van der Waals surface area contributed by atoms with Crippen molar-refractivity contribution >= 4 is 23.6 Å². The van der Waals surface area contributed by atoms with Gasteiger partial charge in [0.15, 0.2) is 0 Å². The van der Waals surface area contributed by atoms with Crippen molar-refractivity contribution in [2.45, 2.75) is 18.9 Å². The highest BCUT2D eigenvalue weighted by atomic mass is 19.1. The van der Waals surface area contributed by atoms with Crippen molar-refractivity contribution in [2.75, 3.05) is 12.8 Å². The van der Waals surface area contributed by atoms with Crippen molar-refractivity contribution in [2.24, 2.45) is 0 Å². The lowest BCUT2D eigenvalue weighted by molar-refractivity contribution is 0.632. The molecule has 1 saturated carbocycles. The summed E-state index contributed by atoms with van der Waals surface area (Å²) in [5.41, 5.74) is 7.78. The van der Waals surface area contributed by atoms with Crippen LogP contribution < -0.4 is 11.1 Å². The summed E-state index contributed by atoms with van der Waals surface area (Å²) in [4.78, 5) is 0. The molecule has 3 rings (SSSR count). The predicted octanol–water partition coefficient (Wildman–Crippen LogP) is 4.50. The molecular formula is C21H24FN3. The second kappa shape index (κ2) is 8.94. The molecule has 4 heteroatoms. The van der Waals surface area contributed by atoms with E-state index < -0.39 is 5.82 Å². The number of nitrogens with one attached hydrogen (secondary N) is 2. The number of hydrogen-bond acceptors (Lipinski definition) is 3. The summed E-state index contributed by atoms with van der Waals surface area (Å²) in [5, 5.41) is 11.2. The normalized spacial score (nSPS) is 13.2. The molecule has 130 valence electrons. The zero-order valence-electron chi connectivity index (χ0n) is 14.4. The molecular weight excluding hydrogens is 313 g/mol. The van der Waals surface area contributed by atoms with Crippen molar-refractivity contribution in [1.82, 2.24) is 5.32 Å². The largest absolute Gasteiger partial charge is 0.396 e. The first-order valence-corrected chi connectivity index (χ1v) is 8.26. The summed E-state index contributed by atoms with van der Waals surface area (Å²) < 4.78 is 13.7. The van der Waals surface area contributed by atoms with Gasteiger partial charge in [-0.1, -0.05) is 49.1 Å². The fourth-order valence-corrected chi connectivity index (χ4v) is 2.18. The van der Waals surface area contributed by atoms with Crippen molar-refractivity contribution in [3.63, 3.8) is 0 Å². The van der Waals surface area contributed by atoms with Gasteiger partial charge in [0.25, 0.3) is 0 Å². The number of rotatable bonds is 5. The molecule has 1 aliphatic rings. The van der Waals surface area contributed by atoms with Crippen LogP contribution >= 0.6 is 0 Å². The van der Waals surface area contributed by atoms with E-state index in [1.54, 1.807) is 18.2 Å². The summed E-state index contributed by atoms with van der Waals surface area (Å²) in [6.07, 6.45) is 7.72. The number of anilines is 1. The first kappa shape index (κ1) is 18.6. The maximum Gasteiger partial charge on any atom is 0.147 e. The van der Waals surface area contributed by atoms with E-state index in [9.17, 15) is 4.39 Å². The fraction of sp³-hybridized carbons (Fsp3) is 0.190. The van der Waals surface area contributed by atoms with E-state index in [1.165, 1.54) is 25.0 Å². The number of nitrogens with two attached hydrogens (primary N) is 1. The first-order valence-electron chi connectivity index (χ1n) is 8.26. The lowest BCUT2D eigenvalue weighted by atomic mass is 10.0. The fourth-order valence-electron chi connectivity index (χ4n) is 2.18. The van der Waals surface area contributed by atoms with E-state index in [-0.39, 0.29) is 11.4 Å². The van der Waals surface area contributed by atoms with Crippen LogP contribution in [0.1, 0.15) is 29.5 Å². The van der Waals surface area contributed by atoms with Gasteiger partial charge in [0.1, 0.15) is 5.82 Å². The summed E-state index contributed by atoms with van der Waals surface area (Å²) in [6.45, 7) is 3.60. The van der Waals surface area contributed by atoms with Gasteiger partial charge in [0, 0.05) is 11.6 Å². The Morgan fingerprint density at radius 2 is 1.92 bits per heavy atom. The molecule has 1 fully saturated rings. The second-order valence-corrected chi connectivity index (χ2v) is 5.89. The first-order chi connectivity index (χ1) is 12.0. The number of nitrogen functional groups attached to an aromatic ring is 1. The topological polar surface area (TPSA) is 61.9 Å². The minimum atomic E-state index is -0.532. The zero-order valence-corrected chi connectivity index (χ0v) is 14.4. The van der Waals surface area contributed by atoms with E-state index in [0.717, 1.165) is 11.6 Å². The van der Waals surface area contributed by atoms with Crippen LogP contribution in [0.5, 0.6) is 0 Å². The molecule has 0 amide bonds. The molecule has 0 heterocycles. The average molecular weight is 337 g/mol. The molecule has 0 unspecified atom stereocenters. The lowest BCUT2D eigenvalue weighted by Crippen LogP contribution is -2.06. The highest BCUT2D eigenvalue weighted by molar-refractivity contribution is 6.12. The van der Waals surface area contributed by atoms with Crippen LogP contribution in [0.2, 0.25) is 0 Å². The summed E-state index contributed by atoms with van der Waals surface area (Å²) in [6, 6.07) is 13.4.